The lowest BCUT2D eigenvalue weighted by Crippen LogP contribution is -2.32. The van der Waals surface area contributed by atoms with Crippen LogP contribution in [0, 0.1) is 20.8 Å². The van der Waals surface area contributed by atoms with Crippen LogP contribution in [0.15, 0.2) is 35.0 Å². The molecule has 2 N–H and O–H groups in total. The monoisotopic (exact) mass is 370 g/mol. The van der Waals surface area contributed by atoms with Crippen molar-refractivity contribution in [3.63, 3.8) is 0 Å². The highest BCUT2D eigenvalue weighted by Gasteiger charge is 2.07. The van der Waals surface area contributed by atoms with E-state index in [4.69, 9.17) is 4.74 Å². The third-order valence-electron chi connectivity index (χ3n) is 3.88. The maximum atomic E-state index is 11.9. The van der Waals surface area contributed by atoms with Crippen molar-refractivity contribution in [3.05, 3.63) is 53.0 Å². The zero-order chi connectivity index (χ0) is 19.2. The number of rotatable bonds is 7. The third-order valence-corrected chi connectivity index (χ3v) is 3.88. The molecule has 0 saturated heterocycles. The van der Waals surface area contributed by atoms with Crippen LogP contribution in [0.5, 0.6) is 5.88 Å². The van der Waals surface area contributed by atoms with Crippen LogP contribution >= 0.6 is 0 Å². The number of urea groups is 1. The van der Waals surface area contributed by atoms with Crippen molar-refractivity contribution in [2.24, 2.45) is 0 Å². The molecule has 0 saturated carbocycles. The lowest BCUT2D eigenvalue weighted by molar-refractivity contribution is 0.240. The van der Waals surface area contributed by atoms with Crippen LogP contribution in [0.2, 0.25) is 0 Å². The SMILES string of the molecule is Cc1cc(C)n(Cc2ccc(NC(=O)NCCOc3nonc3C)cc2)n1. The maximum absolute atomic E-state index is 11.9. The summed E-state index contributed by atoms with van der Waals surface area (Å²) in [6.45, 7) is 7.02. The van der Waals surface area contributed by atoms with Crippen molar-refractivity contribution in [3.8, 4) is 5.88 Å². The van der Waals surface area contributed by atoms with E-state index in [-0.39, 0.29) is 12.6 Å². The quantitative estimate of drug-likeness (QED) is 0.619. The third kappa shape index (κ3) is 5.06. The highest BCUT2D eigenvalue weighted by molar-refractivity contribution is 5.89. The van der Waals surface area contributed by atoms with Crippen LogP contribution in [-0.2, 0) is 6.54 Å². The summed E-state index contributed by atoms with van der Waals surface area (Å²) in [5, 5.41) is 17.2. The first-order valence-electron chi connectivity index (χ1n) is 8.58. The van der Waals surface area contributed by atoms with Gasteiger partial charge in [-0.2, -0.15) is 5.10 Å². The first-order chi connectivity index (χ1) is 13.0. The summed E-state index contributed by atoms with van der Waals surface area (Å²) >= 11 is 0. The number of hydrogen-bond acceptors (Lipinski definition) is 6. The Morgan fingerprint density at radius 2 is 1.96 bits per heavy atom. The van der Waals surface area contributed by atoms with E-state index < -0.39 is 0 Å². The van der Waals surface area contributed by atoms with E-state index in [1.54, 1.807) is 6.92 Å². The molecule has 9 heteroatoms. The average molecular weight is 370 g/mol. The van der Waals surface area contributed by atoms with Gasteiger partial charge >= 0.3 is 6.03 Å². The fourth-order valence-electron chi connectivity index (χ4n) is 2.54. The fraction of sp³-hybridized carbons (Fsp3) is 0.333. The van der Waals surface area contributed by atoms with Gasteiger partial charge in [-0.1, -0.05) is 17.3 Å². The lowest BCUT2D eigenvalue weighted by Gasteiger charge is -2.09. The standard InChI is InChI=1S/C18H22N6O3/c1-12-10-13(2)24(21-12)11-15-4-6-16(7-5-15)20-18(25)19-8-9-26-17-14(3)22-27-23-17/h4-7,10H,8-9,11H2,1-3H3,(H2,19,20,25). The van der Waals surface area contributed by atoms with Crippen molar-refractivity contribution in [2.75, 3.05) is 18.5 Å². The zero-order valence-electron chi connectivity index (χ0n) is 15.5. The summed E-state index contributed by atoms with van der Waals surface area (Å²) in [6, 6.07) is 9.40. The van der Waals surface area contributed by atoms with Gasteiger partial charge in [-0.05, 0) is 49.7 Å². The zero-order valence-corrected chi connectivity index (χ0v) is 15.5. The minimum Gasteiger partial charge on any atom is -0.472 e. The van der Waals surface area contributed by atoms with Crippen LogP contribution < -0.4 is 15.4 Å². The number of anilines is 1. The molecule has 0 spiro atoms. The summed E-state index contributed by atoms with van der Waals surface area (Å²) in [5.74, 6) is 0.329. The molecule has 0 aliphatic carbocycles. The Bertz CT molecular complexity index is 900. The number of ether oxygens (including phenoxy) is 1. The Labute approximate surface area is 156 Å². The van der Waals surface area contributed by atoms with Crippen LogP contribution in [0.1, 0.15) is 22.6 Å². The number of benzene rings is 1. The summed E-state index contributed by atoms with van der Waals surface area (Å²) in [7, 11) is 0. The van der Waals surface area contributed by atoms with Gasteiger partial charge < -0.3 is 15.4 Å². The Balaban J connectivity index is 1.43. The first kappa shape index (κ1) is 18.4. The highest BCUT2D eigenvalue weighted by atomic mass is 16.6. The Hall–Kier alpha value is -3.36. The average Bonchev–Trinajstić information content (AvgIpc) is 3.18. The van der Waals surface area contributed by atoms with E-state index in [9.17, 15) is 4.79 Å². The highest BCUT2D eigenvalue weighted by Crippen LogP contribution is 2.12. The number of hydrogen-bond donors (Lipinski definition) is 2. The Morgan fingerprint density at radius 3 is 2.59 bits per heavy atom. The van der Waals surface area contributed by atoms with E-state index in [1.807, 2.05) is 48.9 Å². The molecule has 0 fully saturated rings. The van der Waals surface area contributed by atoms with E-state index in [0.29, 0.717) is 30.4 Å². The summed E-state index contributed by atoms with van der Waals surface area (Å²) in [5.41, 5.74) is 4.51. The molecule has 3 aromatic rings. The Morgan fingerprint density at radius 1 is 1.19 bits per heavy atom. The molecule has 2 heterocycles. The minimum atomic E-state index is -0.306. The summed E-state index contributed by atoms with van der Waals surface area (Å²) in [4.78, 5) is 11.9. The number of amides is 2. The topological polar surface area (TPSA) is 107 Å². The molecule has 0 aliphatic rings. The molecule has 142 valence electrons. The van der Waals surface area contributed by atoms with Crippen LogP contribution in [-0.4, -0.2) is 39.3 Å². The minimum absolute atomic E-state index is 0.268. The molecule has 0 radical (unpaired) electrons. The van der Waals surface area contributed by atoms with Gasteiger partial charge in [-0.25, -0.2) is 9.42 Å². The first-order valence-corrected chi connectivity index (χ1v) is 8.58. The number of carbonyl (C=O) groups is 1. The number of aromatic nitrogens is 4. The van der Waals surface area contributed by atoms with Gasteiger partial charge in [0, 0.05) is 11.4 Å². The van der Waals surface area contributed by atoms with Gasteiger partial charge in [0.05, 0.1) is 18.8 Å². The molecule has 0 unspecified atom stereocenters. The second kappa shape index (κ2) is 8.35. The van der Waals surface area contributed by atoms with E-state index in [0.717, 1.165) is 17.0 Å². The second-order valence-corrected chi connectivity index (χ2v) is 6.17. The molecule has 0 bridgehead atoms. The van der Waals surface area contributed by atoms with Crippen molar-refractivity contribution in [1.82, 2.24) is 25.4 Å². The predicted octanol–water partition coefficient (Wildman–Crippen LogP) is 2.44. The number of carbonyl (C=O) groups excluding carboxylic acids is 1. The van der Waals surface area contributed by atoms with E-state index >= 15 is 0 Å². The normalized spacial score (nSPS) is 10.6. The molecule has 2 amide bonds. The van der Waals surface area contributed by atoms with Crippen molar-refractivity contribution in [1.29, 1.82) is 0 Å². The molecular formula is C18H22N6O3. The molecule has 0 atom stereocenters. The number of aryl methyl sites for hydroxylation is 3. The van der Waals surface area contributed by atoms with Crippen LogP contribution in [0.25, 0.3) is 0 Å². The van der Waals surface area contributed by atoms with Gasteiger partial charge in [0.1, 0.15) is 12.3 Å². The smallest absolute Gasteiger partial charge is 0.319 e. The Kier molecular flexibility index (Phi) is 5.70. The van der Waals surface area contributed by atoms with Crippen LogP contribution in [0.4, 0.5) is 10.5 Å². The molecule has 9 nitrogen and oxygen atoms in total. The van der Waals surface area contributed by atoms with Crippen LogP contribution in [0.3, 0.4) is 0 Å². The van der Waals surface area contributed by atoms with Gasteiger partial charge in [0.25, 0.3) is 5.88 Å². The predicted molar refractivity (Wildman–Crippen MR) is 98.8 cm³/mol. The van der Waals surface area contributed by atoms with Crippen molar-refractivity contribution >= 4 is 11.7 Å². The van der Waals surface area contributed by atoms with Gasteiger partial charge in [0.2, 0.25) is 0 Å². The molecule has 1 aromatic carbocycles. The fourth-order valence-corrected chi connectivity index (χ4v) is 2.54. The van der Waals surface area contributed by atoms with Gasteiger partial charge in [-0.15, -0.1) is 0 Å². The molecular weight excluding hydrogens is 348 g/mol. The largest absolute Gasteiger partial charge is 0.472 e. The number of nitrogens with zero attached hydrogens (tertiary/aromatic N) is 4. The summed E-state index contributed by atoms with van der Waals surface area (Å²) in [6.07, 6.45) is 0. The molecule has 27 heavy (non-hydrogen) atoms. The molecule has 0 aliphatic heterocycles. The second-order valence-electron chi connectivity index (χ2n) is 6.17. The van der Waals surface area contributed by atoms with E-state index in [2.05, 4.69) is 30.7 Å². The van der Waals surface area contributed by atoms with Gasteiger partial charge in [-0.3, -0.25) is 4.68 Å². The lowest BCUT2D eigenvalue weighted by atomic mass is 10.2. The van der Waals surface area contributed by atoms with Crippen molar-refractivity contribution < 1.29 is 14.2 Å². The van der Waals surface area contributed by atoms with E-state index in [1.165, 1.54) is 0 Å². The van der Waals surface area contributed by atoms with Crippen molar-refractivity contribution in [2.45, 2.75) is 27.3 Å². The molecule has 3 rings (SSSR count). The molecule has 2 aromatic heterocycles. The maximum Gasteiger partial charge on any atom is 0.319 e. The number of nitrogens with one attached hydrogen (secondary N) is 2. The summed E-state index contributed by atoms with van der Waals surface area (Å²) < 4.78 is 11.8. The van der Waals surface area contributed by atoms with Gasteiger partial charge in [0.15, 0.2) is 0 Å².